The van der Waals surface area contributed by atoms with Crippen LogP contribution in [0.4, 0.5) is 0 Å². The molecule has 0 aliphatic carbocycles. The average Bonchev–Trinajstić information content (AvgIpc) is 2.41. The van der Waals surface area contributed by atoms with Gasteiger partial charge in [-0.05, 0) is 52.7 Å². The number of hydrogen-bond donors (Lipinski definition) is 1. The first-order valence-corrected chi connectivity index (χ1v) is 7.99. The number of ether oxygens (including phenoxy) is 2. The van der Waals surface area contributed by atoms with Crippen LogP contribution in [0.3, 0.4) is 0 Å². The van der Waals surface area contributed by atoms with Gasteiger partial charge in [0.25, 0.3) is 0 Å². The highest BCUT2D eigenvalue weighted by Gasteiger charge is 2.18. The molecular weight excluding hydrogens is 240 g/mol. The Morgan fingerprint density at radius 2 is 1.74 bits per heavy atom. The van der Waals surface area contributed by atoms with Crippen LogP contribution in [0, 0.1) is 0 Å². The van der Waals surface area contributed by atoms with Crippen molar-refractivity contribution in [2.45, 2.75) is 58.8 Å². The molecule has 1 fully saturated rings. The number of likely N-dealkylation sites (tertiary alicyclic amines) is 1. The van der Waals surface area contributed by atoms with Gasteiger partial charge in [-0.15, -0.1) is 0 Å². The molecule has 1 aliphatic rings. The second-order valence-corrected chi connectivity index (χ2v) is 5.20. The van der Waals surface area contributed by atoms with Crippen LogP contribution in [-0.4, -0.2) is 56.6 Å². The normalized spacial score (nSPS) is 18.3. The van der Waals surface area contributed by atoms with Crippen molar-refractivity contribution >= 4 is 0 Å². The first-order chi connectivity index (χ1) is 9.30. The smallest absolute Gasteiger partial charge is 0.158 e. The van der Waals surface area contributed by atoms with Gasteiger partial charge in [0.05, 0.1) is 0 Å². The minimum atomic E-state index is -0.0392. The van der Waals surface area contributed by atoms with E-state index in [1.807, 2.05) is 13.8 Å². The van der Waals surface area contributed by atoms with Gasteiger partial charge in [-0.3, -0.25) is 0 Å². The summed E-state index contributed by atoms with van der Waals surface area (Å²) in [4.78, 5) is 2.57. The molecule has 0 radical (unpaired) electrons. The molecule has 4 heteroatoms. The summed E-state index contributed by atoms with van der Waals surface area (Å²) in [6.07, 6.45) is 4.71. The van der Waals surface area contributed by atoms with Crippen LogP contribution in [0.25, 0.3) is 0 Å². The molecule has 19 heavy (non-hydrogen) atoms. The second-order valence-electron chi connectivity index (χ2n) is 5.20. The van der Waals surface area contributed by atoms with Gasteiger partial charge in [0.2, 0.25) is 0 Å². The van der Waals surface area contributed by atoms with E-state index < -0.39 is 0 Å². The van der Waals surface area contributed by atoms with E-state index >= 15 is 0 Å². The van der Waals surface area contributed by atoms with Crippen LogP contribution in [0.15, 0.2) is 0 Å². The molecular formula is C15H32N2O2. The van der Waals surface area contributed by atoms with Crippen LogP contribution < -0.4 is 5.32 Å². The lowest BCUT2D eigenvalue weighted by Crippen LogP contribution is -2.43. The average molecular weight is 272 g/mol. The third-order valence-corrected chi connectivity index (χ3v) is 3.65. The fourth-order valence-corrected chi connectivity index (χ4v) is 2.67. The highest BCUT2D eigenvalue weighted by atomic mass is 16.7. The Morgan fingerprint density at radius 1 is 1.11 bits per heavy atom. The standard InChI is InChI=1S/C15H32N2O2/c1-4-11-17-12-8-14(9-13-17)16-10-7-15(18-5-2)19-6-3/h14-16H,4-13H2,1-3H3. The summed E-state index contributed by atoms with van der Waals surface area (Å²) in [5.41, 5.74) is 0. The molecule has 0 bridgehead atoms. The van der Waals surface area contributed by atoms with E-state index in [1.54, 1.807) is 0 Å². The van der Waals surface area contributed by atoms with E-state index in [9.17, 15) is 0 Å². The molecule has 1 aliphatic heterocycles. The van der Waals surface area contributed by atoms with Crippen molar-refractivity contribution in [2.24, 2.45) is 0 Å². The maximum absolute atomic E-state index is 5.55. The number of nitrogens with one attached hydrogen (secondary N) is 1. The first-order valence-electron chi connectivity index (χ1n) is 7.99. The van der Waals surface area contributed by atoms with Gasteiger partial charge in [0.15, 0.2) is 6.29 Å². The van der Waals surface area contributed by atoms with Crippen molar-refractivity contribution in [3.05, 3.63) is 0 Å². The summed E-state index contributed by atoms with van der Waals surface area (Å²) >= 11 is 0. The summed E-state index contributed by atoms with van der Waals surface area (Å²) in [5.74, 6) is 0. The van der Waals surface area contributed by atoms with Crippen molar-refractivity contribution in [2.75, 3.05) is 39.4 Å². The van der Waals surface area contributed by atoms with E-state index in [-0.39, 0.29) is 6.29 Å². The predicted octanol–water partition coefficient (Wildman–Crippen LogP) is 2.24. The quantitative estimate of drug-likeness (QED) is 0.618. The van der Waals surface area contributed by atoms with Crippen LogP contribution in [0.1, 0.15) is 46.5 Å². The van der Waals surface area contributed by atoms with Gasteiger partial charge in [-0.25, -0.2) is 0 Å². The molecule has 0 atom stereocenters. The third-order valence-electron chi connectivity index (χ3n) is 3.65. The molecule has 0 aromatic heterocycles. The highest BCUT2D eigenvalue weighted by molar-refractivity contribution is 4.76. The molecule has 1 saturated heterocycles. The Kier molecular flexibility index (Phi) is 9.43. The minimum Gasteiger partial charge on any atom is -0.353 e. The van der Waals surface area contributed by atoms with Gasteiger partial charge < -0.3 is 19.7 Å². The summed E-state index contributed by atoms with van der Waals surface area (Å²) in [5, 5.41) is 3.64. The number of hydrogen-bond acceptors (Lipinski definition) is 4. The molecule has 1 N–H and O–H groups in total. The Balaban J connectivity index is 2.09. The molecule has 0 saturated carbocycles. The van der Waals surface area contributed by atoms with Gasteiger partial charge in [-0.2, -0.15) is 0 Å². The topological polar surface area (TPSA) is 33.7 Å². The lowest BCUT2D eigenvalue weighted by atomic mass is 10.0. The fourth-order valence-electron chi connectivity index (χ4n) is 2.67. The zero-order chi connectivity index (χ0) is 13.9. The van der Waals surface area contributed by atoms with E-state index in [2.05, 4.69) is 17.1 Å². The molecule has 0 amide bonds. The first kappa shape index (κ1) is 16.9. The van der Waals surface area contributed by atoms with Gasteiger partial charge in [-0.1, -0.05) is 6.92 Å². The number of rotatable bonds is 10. The lowest BCUT2D eigenvalue weighted by Gasteiger charge is -2.32. The van der Waals surface area contributed by atoms with Crippen LogP contribution in [0.2, 0.25) is 0 Å². The van der Waals surface area contributed by atoms with Crippen molar-refractivity contribution < 1.29 is 9.47 Å². The summed E-state index contributed by atoms with van der Waals surface area (Å²) in [7, 11) is 0. The molecule has 0 unspecified atom stereocenters. The molecule has 114 valence electrons. The van der Waals surface area contributed by atoms with Gasteiger partial charge in [0.1, 0.15) is 0 Å². The Hall–Kier alpha value is -0.160. The SMILES string of the molecule is CCCN1CCC(NCCC(OCC)OCC)CC1. The monoisotopic (exact) mass is 272 g/mol. The van der Waals surface area contributed by atoms with E-state index in [0.29, 0.717) is 6.04 Å². The van der Waals surface area contributed by atoms with Crippen molar-refractivity contribution in [3.63, 3.8) is 0 Å². The molecule has 1 heterocycles. The van der Waals surface area contributed by atoms with Crippen LogP contribution in [-0.2, 0) is 9.47 Å². The summed E-state index contributed by atoms with van der Waals surface area (Å²) in [6.45, 7) is 12.5. The molecule has 0 aromatic carbocycles. The fraction of sp³-hybridized carbons (Fsp3) is 1.00. The van der Waals surface area contributed by atoms with Gasteiger partial charge in [0, 0.05) is 32.2 Å². The maximum atomic E-state index is 5.55. The van der Waals surface area contributed by atoms with Crippen molar-refractivity contribution in [1.29, 1.82) is 0 Å². The summed E-state index contributed by atoms with van der Waals surface area (Å²) < 4.78 is 11.1. The Morgan fingerprint density at radius 3 is 2.26 bits per heavy atom. The van der Waals surface area contributed by atoms with E-state index in [0.717, 1.165) is 26.2 Å². The largest absolute Gasteiger partial charge is 0.353 e. The van der Waals surface area contributed by atoms with Crippen molar-refractivity contribution in [3.8, 4) is 0 Å². The minimum absolute atomic E-state index is 0.0392. The molecule has 0 aromatic rings. The number of nitrogens with zero attached hydrogens (tertiary/aromatic N) is 1. The van der Waals surface area contributed by atoms with Crippen molar-refractivity contribution in [1.82, 2.24) is 10.2 Å². The van der Waals surface area contributed by atoms with Gasteiger partial charge >= 0.3 is 0 Å². The Bertz CT molecular complexity index is 200. The Labute approximate surface area is 118 Å². The third kappa shape index (κ3) is 7.25. The zero-order valence-electron chi connectivity index (χ0n) is 13.0. The zero-order valence-corrected chi connectivity index (χ0v) is 13.0. The molecule has 1 rings (SSSR count). The lowest BCUT2D eigenvalue weighted by molar-refractivity contribution is -0.138. The van der Waals surface area contributed by atoms with Crippen LogP contribution in [0.5, 0.6) is 0 Å². The highest BCUT2D eigenvalue weighted by Crippen LogP contribution is 2.11. The predicted molar refractivity (Wildman–Crippen MR) is 79.4 cm³/mol. The summed E-state index contributed by atoms with van der Waals surface area (Å²) in [6, 6.07) is 0.678. The molecule has 4 nitrogen and oxygen atoms in total. The van der Waals surface area contributed by atoms with Crippen LogP contribution >= 0.6 is 0 Å². The van der Waals surface area contributed by atoms with E-state index in [1.165, 1.54) is 38.9 Å². The second kappa shape index (κ2) is 10.6. The number of piperidine rings is 1. The van der Waals surface area contributed by atoms with E-state index in [4.69, 9.17) is 9.47 Å². The maximum Gasteiger partial charge on any atom is 0.158 e. The molecule has 0 spiro atoms.